The minimum Gasteiger partial charge on any atom is -0.481 e. The van der Waals surface area contributed by atoms with Gasteiger partial charge in [0.05, 0.1) is 29.2 Å². The Morgan fingerprint density at radius 2 is 0.963 bits per heavy atom. The van der Waals surface area contributed by atoms with Crippen LogP contribution in [0, 0.1) is 46.4 Å². The van der Waals surface area contributed by atoms with Gasteiger partial charge < -0.3 is 77.5 Å². The Morgan fingerprint density at radius 1 is 0.468 bits per heavy atom. The summed E-state index contributed by atoms with van der Waals surface area (Å²) in [6, 6.07) is 4.36. The Kier molecular flexibility index (Phi) is 43.9. The summed E-state index contributed by atoms with van der Waals surface area (Å²) in [5, 5.41) is 92.7. The molecule has 607 valence electrons. The number of rotatable bonds is 48. The van der Waals surface area contributed by atoms with Crippen LogP contribution in [0.3, 0.4) is 0 Å². The van der Waals surface area contributed by atoms with Crippen molar-refractivity contribution in [3.8, 4) is 5.75 Å². The average Bonchev–Trinajstić information content (AvgIpc) is 0.834. The molecule has 0 saturated carbocycles. The molecule has 1 heterocycles. The maximum absolute atomic E-state index is 14.9. The number of hydrogen-bond acceptors (Lipinski definition) is 22. The zero-order valence-corrected chi connectivity index (χ0v) is 63.6. The van der Waals surface area contributed by atoms with Crippen LogP contribution in [-0.2, 0) is 89.6 Å². The molecule has 38 heteroatoms. The van der Waals surface area contributed by atoms with Crippen molar-refractivity contribution >= 4 is 123 Å². The van der Waals surface area contributed by atoms with Gasteiger partial charge in [-0.3, -0.25) is 77.1 Å². The summed E-state index contributed by atoms with van der Waals surface area (Å²) in [6.45, 7) is -1.06. The number of halogens is 1. The maximum atomic E-state index is 14.9. The number of amides is 6. The third kappa shape index (κ3) is 38.4. The number of ketones is 3. The molecule has 2 aliphatic rings. The van der Waals surface area contributed by atoms with Gasteiger partial charge in [-0.25, -0.2) is 24.0 Å². The van der Waals surface area contributed by atoms with Crippen LogP contribution in [0.25, 0.3) is 0 Å². The molecule has 1 aliphatic heterocycles. The van der Waals surface area contributed by atoms with Crippen LogP contribution in [0.15, 0.2) is 72.3 Å². The third-order valence-electron chi connectivity index (χ3n) is 17.5. The monoisotopic (exact) mass is 1810 g/mol. The fraction of sp³-hybridized carbons (Fsp3) is 0.535. The van der Waals surface area contributed by atoms with E-state index < -0.39 is 182 Å². The minimum atomic E-state index is -1.55. The maximum Gasteiger partial charge on any atom is 0.347 e. The Labute approximate surface area is 670 Å². The first-order valence-corrected chi connectivity index (χ1v) is 36.3. The van der Waals surface area contributed by atoms with Crippen molar-refractivity contribution < 1.29 is 164 Å². The molecule has 1 aliphatic carbocycles. The number of benzene rings is 2. The van der Waals surface area contributed by atoms with E-state index in [1.807, 2.05) is 27.9 Å². The van der Waals surface area contributed by atoms with Gasteiger partial charge >= 0.3 is 59.8 Å². The fourth-order valence-corrected chi connectivity index (χ4v) is 12.4. The molecule has 1 radical (unpaired) electrons. The first-order valence-electron chi connectivity index (χ1n) is 35.2. The van der Waals surface area contributed by atoms with E-state index in [4.69, 9.17) is 9.84 Å². The number of aliphatic carboxylic acids is 8. The van der Waals surface area contributed by atoms with E-state index in [-0.39, 0.29) is 175 Å². The number of nitrogens with one attached hydrogen (secondary N) is 6. The second kappa shape index (κ2) is 50.7. The number of Topliss-reactive ketones (excluding diaryl/α,β-unsaturated/α-hetero) is 1. The molecular formula is C71H95ILuN10O26. The van der Waals surface area contributed by atoms with Crippen LogP contribution in [0.2, 0.25) is 0 Å². The molecule has 0 aromatic heterocycles. The number of urea groups is 1. The zero-order chi connectivity index (χ0) is 79.8. The van der Waals surface area contributed by atoms with Gasteiger partial charge in [0.25, 0.3) is 0 Å². The molecule has 1 saturated heterocycles. The SMILES string of the molecule is O=C1C=CC(=O)C(C(=O)Oc2ccc(C[C@@H](NC(=O)CC[C@H](C(=O)O)N3CCN(CC(=O)O)CCN(CC(=O)O)CCN(CC(=O)O)CC3)C(=O)C[C@H](Cc3ccccc3)C(=O)N[C@H](CCCCNC(=O)CCCCCCC(=O)NCCCC[C@H](NC(=O)N[C@@H](CCC(=O)O)C(=O)O)C(=O)O)C(=O)O)cc2I)=C1.[Lu]. The average molecular weight is 1810 g/mol. The summed E-state index contributed by atoms with van der Waals surface area (Å²) >= 11 is 1.82. The van der Waals surface area contributed by atoms with E-state index in [0.717, 1.165) is 18.2 Å². The number of nitrogens with zero attached hydrogens (tertiary/aromatic N) is 4. The number of carbonyl (C=O) groups is 17. The van der Waals surface area contributed by atoms with Gasteiger partial charge in [0.1, 0.15) is 35.5 Å². The van der Waals surface area contributed by atoms with Crippen molar-refractivity contribution in [1.82, 2.24) is 51.5 Å². The van der Waals surface area contributed by atoms with Gasteiger partial charge in [-0.2, -0.15) is 0 Å². The van der Waals surface area contributed by atoms with Crippen LogP contribution < -0.4 is 36.6 Å². The topological polar surface area (TPSA) is 546 Å². The second-order valence-electron chi connectivity index (χ2n) is 26.0. The number of carbonyl (C=O) groups excluding carboxylic acids is 9. The van der Waals surface area contributed by atoms with Gasteiger partial charge in [0.2, 0.25) is 23.6 Å². The van der Waals surface area contributed by atoms with E-state index in [2.05, 4.69) is 26.6 Å². The van der Waals surface area contributed by atoms with Crippen molar-refractivity contribution in [3.05, 3.63) is 87.0 Å². The van der Waals surface area contributed by atoms with Gasteiger partial charge in [-0.1, -0.05) is 49.2 Å². The Bertz CT molecular complexity index is 3550. The molecule has 6 atom stereocenters. The molecule has 2 aromatic rings. The summed E-state index contributed by atoms with van der Waals surface area (Å²) in [4.78, 5) is 220. The van der Waals surface area contributed by atoms with Crippen molar-refractivity contribution in [2.45, 2.75) is 152 Å². The molecule has 0 unspecified atom stereocenters. The number of unbranched alkanes of at least 4 members (excludes halogenated alkanes) is 5. The van der Waals surface area contributed by atoms with Crippen LogP contribution in [0.1, 0.15) is 120 Å². The smallest absolute Gasteiger partial charge is 0.347 e. The summed E-state index contributed by atoms with van der Waals surface area (Å²) in [6.07, 6.45) is 3.52. The molecular weight excluding hydrogens is 1710 g/mol. The van der Waals surface area contributed by atoms with Crippen LogP contribution in [0.5, 0.6) is 5.75 Å². The first kappa shape index (κ1) is 94.3. The molecule has 4 rings (SSSR count). The van der Waals surface area contributed by atoms with Crippen LogP contribution in [0.4, 0.5) is 4.79 Å². The fourth-order valence-electron chi connectivity index (χ4n) is 11.7. The molecule has 36 nitrogen and oxygen atoms in total. The summed E-state index contributed by atoms with van der Waals surface area (Å²) in [5.41, 5.74) is 0.416. The predicted octanol–water partition coefficient (Wildman–Crippen LogP) is 0.939. The Morgan fingerprint density at radius 3 is 1.44 bits per heavy atom. The van der Waals surface area contributed by atoms with Crippen LogP contribution in [-0.4, -0.2) is 276 Å². The quantitative estimate of drug-likeness (QED) is 0.0109. The standard InChI is InChI=1S/C71H95IN10O26.Lu/c72-49-37-45(18-23-57(49)108-70(106)48-40-47(83)19-22-55(48)84)38-53(75-60(88)24-21-54(69(104)105)82-34-32-80(42-63(93)94)30-28-79(41-62(91)92)29-31-81(33-35-82)43-64(95)96)56(85)39-46(36-44-12-4-3-5-13-44)65(97)76-50(66(98)99)14-8-10-26-73-58(86)16-6-1-2-7-17-59(87)74-27-11-9-15-51(67(100)101)77-71(107)78-52(68(102)103)20-25-61(89)90;/h3-5,12-13,18-19,22-23,37,40,46,50-54H,1-2,6-11,14-17,20-21,24-36,38-39,41-43H2,(H,73,86)(H,74,87)(H,75,88)(H,76,97)(H,89,90)(H,91,92)(H,93,94)(H,95,96)(H,98,99)(H,100,101)(H,102,103)(H,104,105)(H2,77,78,107);/t46-,50+,51-,52-,53+,54+;/m0./s1. The van der Waals surface area contributed by atoms with Gasteiger partial charge in [0.15, 0.2) is 17.3 Å². The van der Waals surface area contributed by atoms with E-state index >= 15 is 0 Å². The molecule has 109 heavy (non-hydrogen) atoms. The molecule has 1 fully saturated rings. The Hall–Kier alpha value is -8.89. The van der Waals surface area contributed by atoms with Gasteiger partial charge in [-0.15, -0.1) is 0 Å². The summed E-state index contributed by atoms with van der Waals surface area (Å²) in [5.74, 6) is -17.2. The molecule has 14 N–H and O–H groups in total. The van der Waals surface area contributed by atoms with Crippen molar-refractivity contribution in [1.29, 1.82) is 0 Å². The van der Waals surface area contributed by atoms with Crippen molar-refractivity contribution in [3.63, 3.8) is 0 Å². The molecule has 6 amide bonds. The normalized spacial score (nSPS) is 15.5. The predicted molar refractivity (Wildman–Crippen MR) is 388 cm³/mol. The number of ether oxygens (including phenoxy) is 1. The van der Waals surface area contributed by atoms with Crippen LogP contribution >= 0.6 is 22.6 Å². The van der Waals surface area contributed by atoms with E-state index in [1.54, 1.807) is 30.3 Å². The van der Waals surface area contributed by atoms with Crippen molar-refractivity contribution in [2.24, 2.45) is 5.92 Å². The zero-order valence-electron chi connectivity index (χ0n) is 59.8. The number of allylic oxidation sites excluding steroid dienone is 3. The van der Waals surface area contributed by atoms with E-state index in [1.165, 1.54) is 37.8 Å². The third-order valence-corrected chi connectivity index (χ3v) is 18.3. The van der Waals surface area contributed by atoms with Crippen molar-refractivity contribution in [2.75, 3.05) is 85.1 Å². The Balaban J connectivity index is 0.0000308. The summed E-state index contributed by atoms with van der Waals surface area (Å²) < 4.78 is 5.74. The molecule has 2 aromatic carbocycles. The van der Waals surface area contributed by atoms with Gasteiger partial charge in [0, 0.05) is 146 Å². The second-order valence-corrected chi connectivity index (χ2v) is 27.1. The number of esters is 1. The van der Waals surface area contributed by atoms with Gasteiger partial charge in [-0.05, 0) is 135 Å². The van der Waals surface area contributed by atoms with E-state index in [0.29, 0.717) is 49.7 Å². The number of carboxylic acid groups (broad SMARTS) is 8. The van der Waals surface area contributed by atoms with E-state index in [9.17, 15) is 117 Å². The summed E-state index contributed by atoms with van der Waals surface area (Å²) in [7, 11) is 0. The number of carboxylic acids is 8. The molecule has 0 bridgehead atoms. The minimum absolute atomic E-state index is 0. The molecule has 0 spiro atoms. The largest absolute Gasteiger partial charge is 0.481 e. The number of hydrogen-bond donors (Lipinski definition) is 14. The first-order chi connectivity index (χ1) is 51.3.